The van der Waals surface area contributed by atoms with Crippen molar-refractivity contribution < 1.29 is 9.47 Å². The van der Waals surface area contributed by atoms with Crippen LogP contribution < -0.4 is 4.74 Å². The highest BCUT2D eigenvalue weighted by atomic mass is 79.9. The molecule has 1 fully saturated rings. The zero-order chi connectivity index (χ0) is 21.1. The first-order valence-electron chi connectivity index (χ1n) is 7.22. The Kier molecular flexibility index (Phi) is 8.86. The van der Waals surface area contributed by atoms with Crippen LogP contribution in [-0.2, 0) is 4.74 Å². The quantitative estimate of drug-likeness (QED) is 0.221. The molecule has 0 saturated heterocycles. The molecule has 1 aliphatic carbocycles. The van der Waals surface area contributed by atoms with Crippen LogP contribution in [0, 0.1) is 0 Å². The van der Waals surface area contributed by atoms with E-state index in [9.17, 15) is 0 Å². The van der Waals surface area contributed by atoms with Gasteiger partial charge in [-0.15, -0.1) is 0 Å². The minimum Gasteiger partial charge on any atom is -0.463 e. The number of ether oxygens (including phenoxy) is 2. The lowest BCUT2D eigenvalue weighted by atomic mass is 9.95. The minimum absolute atomic E-state index is 0.336. The minimum atomic E-state index is -1.04. The normalized spacial score (nSPS) is 31.3. The van der Waals surface area contributed by atoms with Crippen LogP contribution >= 0.6 is 159 Å². The van der Waals surface area contributed by atoms with Crippen molar-refractivity contribution in [2.75, 3.05) is 0 Å². The third kappa shape index (κ3) is 4.59. The van der Waals surface area contributed by atoms with Gasteiger partial charge in [0, 0.05) is 13.8 Å². The van der Waals surface area contributed by atoms with Crippen LogP contribution in [0.5, 0.6) is 5.75 Å². The van der Waals surface area contributed by atoms with E-state index in [0.29, 0.717) is 5.75 Å². The number of alkyl halides is 10. The van der Waals surface area contributed by atoms with Crippen molar-refractivity contribution in [1.82, 2.24) is 0 Å². The molecular weight excluding hydrogens is 1010 g/mol. The average Bonchev–Trinajstić information content (AvgIpc) is 2.52. The Morgan fingerprint density at radius 1 is 0.778 bits per heavy atom. The highest BCUT2D eigenvalue weighted by molar-refractivity contribution is 9.35. The number of para-hydroxylation sites is 1. The van der Waals surface area contributed by atoms with Crippen molar-refractivity contribution >= 4 is 159 Å². The molecule has 0 spiro atoms. The summed E-state index contributed by atoms with van der Waals surface area (Å²) in [6.07, 6.45) is 0. The van der Waals surface area contributed by atoms with Gasteiger partial charge in [-0.05, 0) is 28.1 Å². The zero-order valence-electron chi connectivity index (χ0n) is 13.6. The van der Waals surface area contributed by atoms with E-state index in [1.54, 1.807) is 0 Å². The highest BCUT2D eigenvalue weighted by Gasteiger charge is 2.81. The smallest absolute Gasteiger partial charge is 0.206 e. The fourth-order valence-electron chi connectivity index (χ4n) is 2.44. The van der Waals surface area contributed by atoms with Gasteiger partial charge in [0.1, 0.15) is 18.7 Å². The Hall–Kier alpha value is 3.78. The van der Waals surface area contributed by atoms with Gasteiger partial charge >= 0.3 is 0 Å². The second-order valence-corrected chi connectivity index (χ2v) is 22.3. The largest absolute Gasteiger partial charge is 0.463 e. The molecule has 1 saturated carbocycles. The molecule has 2 rings (SSSR count). The van der Waals surface area contributed by atoms with Gasteiger partial charge in [-0.2, -0.15) is 0 Å². The molecule has 0 amide bonds. The van der Waals surface area contributed by atoms with E-state index >= 15 is 0 Å². The fraction of sp³-hybridized carbons (Fsp3) is 0.600. The van der Waals surface area contributed by atoms with Gasteiger partial charge in [-0.1, -0.05) is 162 Å². The standard InChI is InChI=1S/C15H12Br10O2/c1-10(2,26-8-6-4-3-5-7-8)27-12(19)9(16)11(17,18)13(20,21)15(24,25)14(12,22)23/h3-7,9H,1-2H3. The van der Waals surface area contributed by atoms with Crippen LogP contribution in [0.1, 0.15) is 13.8 Å². The number of halogens is 10. The summed E-state index contributed by atoms with van der Waals surface area (Å²) in [5.74, 6) is -0.271. The number of benzene rings is 1. The van der Waals surface area contributed by atoms with Crippen molar-refractivity contribution in [2.24, 2.45) is 0 Å². The molecule has 2 nitrogen and oxygen atoms in total. The molecule has 27 heavy (non-hydrogen) atoms. The SMILES string of the molecule is CC(C)(Oc1ccccc1)OC1(Br)C(Br)C(Br)(Br)C(Br)(Br)C(Br)(Br)C1(Br)Br. The second-order valence-electron chi connectivity index (χ2n) is 6.27. The Labute approximate surface area is 243 Å². The Bertz CT molecular complexity index is 691. The number of rotatable bonds is 4. The molecule has 0 bridgehead atoms. The molecular formula is C15H12Br10O2. The van der Waals surface area contributed by atoms with Crippen LogP contribution in [-0.4, -0.2) is 28.1 Å². The summed E-state index contributed by atoms with van der Waals surface area (Å²) in [6.45, 7) is 3.72. The summed E-state index contributed by atoms with van der Waals surface area (Å²) < 4.78 is 8.46. The van der Waals surface area contributed by atoms with Gasteiger partial charge < -0.3 is 9.47 Å². The number of hydrogen-bond donors (Lipinski definition) is 0. The first-order chi connectivity index (χ1) is 11.9. The summed E-state index contributed by atoms with van der Waals surface area (Å²) in [6, 6.07) is 9.53. The van der Waals surface area contributed by atoms with E-state index in [-0.39, 0.29) is 4.83 Å². The predicted molar refractivity (Wildman–Crippen MR) is 149 cm³/mol. The fourth-order valence-corrected chi connectivity index (χ4v) is 13.5. The summed E-state index contributed by atoms with van der Waals surface area (Å²) in [7, 11) is 0. The van der Waals surface area contributed by atoms with Gasteiger partial charge in [0.05, 0.1) is 4.83 Å². The molecule has 2 unspecified atom stereocenters. The molecule has 0 N–H and O–H groups in total. The van der Waals surface area contributed by atoms with E-state index < -0.39 is 23.2 Å². The molecule has 1 aliphatic rings. The summed E-state index contributed by atoms with van der Waals surface area (Å²) >= 11 is 37.9. The third-order valence-electron chi connectivity index (χ3n) is 3.78. The van der Waals surface area contributed by atoms with Gasteiger partial charge in [-0.3, -0.25) is 0 Å². The Morgan fingerprint density at radius 2 is 1.26 bits per heavy atom. The van der Waals surface area contributed by atoms with Gasteiger partial charge in [-0.25, -0.2) is 0 Å². The molecule has 12 heteroatoms. The monoisotopic (exact) mass is 1010 g/mol. The van der Waals surface area contributed by atoms with Crippen molar-refractivity contribution in [2.45, 2.75) is 41.9 Å². The Morgan fingerprint density at radius 3 is 1.74 bits per heavy atom. The van der Waals surface area contributed by atoms with Gasteiger partial charge in [0.25, 0.3) is 0 Å². The van der Waals surface area contributed by atoms with Crippen molar-refractivity contribution in [3.05, 3.63) is 30.3 Å². The van der Waals surface area contributed by atoms with Crippen LogP contribution in [0.25, 0.3) is 0 Å². The van der Waals surface area contributed by atoms with E-state index in [4.69, 9.17) is 9.47 Å². The topological polar surface area (TPSA) is 18.5 Å². The van der Waals surface area contributed by atoms with Gasteiger partial charge in [0.15, 0.2) is 4.51 Å². The van der Waals surface area contributed by atoms with Crippen molar-refractivity contribution in [1.29, 1.82) is 0 Å². The van der Waals surface area contributed by atoms with Crippen LogP contribution in [0.3, 0.4) is 0 Å². The van der Waals surface area contributed by atoms with Crippen molar-refractivity contribution in [3.8, 4) is 5.75 Å². The Balaban J connectivity index is 2.49. The maximum Gasteiger partial charge on any atom is 0.206 e. The first kappa shape index (κ1) is 27.0. The molecule has 1 aromatic rings. The van der Waals surface area contributed by atoms with Crippen LogP contribution in [0.15, 0.2) is 30.3 Å². The summed E-state index contributed by atoms with van der Waals surface area (Å²) in [4.78, 5) is -0.336. The average molecular weight is 1020 g/mol. The lowest BCUT2D eigenvalue weighted by molar-refractivity contribution is -0.201. The highest BCUT2D eigenvalue weighted by Crippen LogP contribution is 2.77. The van der Waals surface area contributed by atoms with Crippen LogP contribution in [0.2, 0.25) is 0 Å². The maximum atomic E-state index is 6.55. The lowest BCUT2D eigenvalue weighted by Crippen LogP contribution is -2.76. The molecule has 2 atom stereocenters. The van der Waals surface area contributed by atoms with Crippen LogP contribution in [0.4, 0.5) is 0 Å². The summed E-state index contributed by atoms with van der Waals surface area (Å²) in [5.41, 5.74) is 0. The third-order valence-corrected chi connectivity index (χ3v) is 24.9. The van der Waals surface area contributed by atoms with E-state index in [0.717, 1.165) is 0 Å². The molecule has 1 aromatic carbocycles. The molecule has 154 valence electrons. The number of hydrogen-bond acceptors (Lipinski definition) is 2. The zero-order valence-corrected chi connectivity index (χ0v) is 29.4. The molecule has 0 heterocycles. The van der Waals surface area contributed by atoms with E-state index in [1.165, 1.54) is 0 Å². The van der Waals surface area contributed by atoms with E-state index in [1.807, 2.05) is 44.2 Å². The maximum absolute atomic E-state index is 6.55. The molecule has 0 radical (unpaired) electrons. The second kappa shape index (κ2) is 8.85. The van der Waals surface area contributed by atoms with E-state index in [2.05, 4.69) is 159 Å². The van der Waals surface area contributed by atoms with Crippen molar-refractivity contribution in [3.63, 3.8) is 0 Å². The summed E-state index contributed by atoms with van der Waals surface area (Å²) in [5, 5.41) is 0. The molecule has 0 aromatic heterocycles. The lowest BCUT2D eigenvalue weighted by Gasteiger charge is -2.63. The molecule has 0 aliphatic heterocycles. The van der Waals surface area contributed by atoms with Gasteiger partial charge in [0.2, 0.25) is 5.79 Å². The first-order valence-corrected chi connectivity index (χ1v) is 15.3. The predicted octanol–water partition coefficient (Wildman–Crippen LogP) is 9.63.